The highest BCUT2D eigenvalue weighted by Gasteiger charge is 2.29. The molecule has 0 aliphatic rings. The van der Waals surface area contributed by atoms with Gasteiger partial charge in [-0.3, -0.25) is 4.74 Å². The number of ether oxygens (including phenoxy) is 3. The minimum atomic E-state index is -4.79. The van der Waals surface area contributed by atoms with Gasteiger partial charge in [0.25, 0.3) is 0 Å². The van der Waals surface area contributed by atoms with E-state index < -0.39 is 30.6 Å². The Morgan fingerprint density at radius 2 is 1.88 bits per heavy atom. The molecule has 1 amide bonds. The van der Waals surface area contributed by atoms with E-state index in [-0.39, 0.29) is 31.1 Å². The van der Waals surface area contributed by atoms with E-state index in [1.807, 2.05) is 0 Å². The first-order chi connectivity index (χ1) is 11.9. The van der Waals surface area contributed by atoms with Crippen molar-refractivity contribution in [3.05, 3.63) is 11.4 Å². The Morgan fingerprint density at radius 1 is 1.23 bits per heavy atom. The Kier molecular flexibility index (Phi) is 7.36. The number of hydrogen-bond acceptors (Lipinski definition) is 7. The normalized spacial score (nSPS) is 12.0. The number of alkyl halides is 3. The van der Waals surface area contributed by atoms with Crippen LogP contribution in [0.2, 0.25) is 0 Å². The van der Waals surface area contributed by atoms with Crippen molar-refractivity contribution in [3.63, 3.8) is 0 Å². The van der Waals surface area contributed by atoms with Gasteiger partial charge in [-0.15, -0.1) is 18.3 Å². The highest BCUT2D eigenvalue weighted by atomic mass is 19.4. The molecule has 0 fully saturated rings. The summed E-state index contributed by atoms with van der Waals surface area (Å²) in [5, 5.41) is 9.62. The van der Waals surface area contributed by atoms with Gasteiger partial charge in [0.1, 0.15) is 5.60 Å². The first-order valence-corrected chi connectivity index (χ1v) is 7.70. The smallest absolute Gasteiger partial charge is 0.461 e. The van der Waals surface area contributed by atoms with Crippen molar-refractivity contribution < 1.29 is 37.0 Å². The molecule has 1 aromatic heterocycles. The average molecular weight is 382 g/mol. The van der Waals surface area contributed by atoms with Gasteiger partial charge in [-0.05, 0) is 27.7 Å². The van der Waals surface area contributed by atoms with Crippen LogP contribution >= 0.6 is 0 Å². The van der Waals surface area contributed by atoms with Crippen LogP contribution in [0.5, 0.6) is 0 Å². The largest absolute Gasteiger partial charge is 0.522 e. The maximum atomic E-state index is 12.1. The van der Waals surface area contributed by atoms with Crippen LogP contribution in [-0.2, 0) is 27.3 Å². The van der Waals surface area contributed by atoms with Crippen LogP contribution in [0.15, 0.2) is 0 Å². The van der Waals surface area contributed by atoms with Gasteiger partial charge in [-0.25, -0.2) is 14.3 Å². The highest BCUT2D eigenvalue weighted by Crippen LogP contribution is 2.16. The molecule has 0 aliphatic carbocycles. The topological polar surface area (TPSA) is 105 Å². The zero-order valence-corrected chi connectivity index (χ0v) is 14.8. The highest BCUT2D eigenvalue weighted by molar-refractivity contribution is 5.88. The van der Waals surface area contributed by atoms with Crippen molar-refractivity contribution in [3.8, 4) is 0 Å². The fourth-order valence-electron chi connectivity index (χ4n) is 1.76. The summed E-state index contributed by atoms with van der Waals surface area (Å²) in [4.78, 5) is 23.6. The van der Waals surface area contributed by atoms with Crippen LogP contribution in [0.25, 0.3) is 0 Å². The van der Waals surface area contributed by atoms with Crippen molar-refractivity contribution in [2.75, 3.05) is 13.2 Å². The Morgan fingerprint density at radius 3 is 2.42 bits per heavy atom. The number of halogens is 3. The van der Waals surface area contributed by atoms with E-state index in [4.69, 9.17) is 9.47 Å². The molecule has 148 valence electrons. The SMILES string of the molecule is CCOC(=O)c1nnn(CCOC(F)(F)F)c1CNC(=O)OC(C)(C)C. The molecule has 26 heavy (non-hydrogen) atoms. The molecule has 1 N–H and O–H groups in total. The summed E-state index contributed by atoms with van der Waals surface area (Å²) >= 11 is 0. The number of esters is 1. The maximum Gasteiger partial charge on any atom is 0.522 e. The molecule has 0 saturated carbocycles. The summed E-state index contributed by atoms with van der Waals surface area (Å²) in [5.74, 6) is -0.809. The second kappa shape index (κ2) is 8.83. The predicted octanol–water partition coefficient (Wildman–Crippen LogP) is 2.02. The first kappa shape index (κ1) is 21.7. The van der Waals surface area contributed by atoms with Gasteiger partial charge in [0, 0.05) is 0 Å². The van der Waals surface area contributed by atoms with E-state index >= 15 is 0 Å². The van der Waals surface area contributed by atoms with Crippen molar-refractivity contribution in [1.29, 1.82) is 0 Å². The molecule has 9 nitrogen and oxygen atoms in total. The molecule has 0 aromatic carbocycles. The number of alkyl carbamates (subject to hydrolysis) is 1. The summed E-state index contributed by atoms with van der Waals surface area (Å²) in [6, 6.07) is 0. The van der Waals surface area contributed by atoms with Gasteiger partial charge in [-0.1, -0.05) is 5.21 Å². The molecular weight excluding hydrogens is 361 g/mol. The van der Waals surface area contributed by atoms with E-state index in [9.17, 15) is 22.8 Å². The van der Waals surface area contributed by atoms with Crippen molar-refractivity contribution in [1.82, 2.24) is 20.3 Å². The van der Waals surface area contributed by atoms with Crippen molar-refractivity contribution in [2.45, 2.75) is 52.7 Å². The Hall–Kier alpha value is -2.37. The lowest BCUT2D eigenvalue weighted by molar-refractivity contribution is -0.325. The quantitative estimate of drug-likeness (QED) is 0.719. The number of amides is 1. The fraction of sp³-hybridized carbons (Fsp3) is 0.714. The molecule has 0 radical (unpaired) electrons. The van der Waals surface area contributed by atoms with Gasteiger partial charge in [0.05, 0.1) is 32.0 Å². The lowest BCUT2D eigenvalue weighted by Gasteiger charge is -2.19. The fourth-order valence-corrected chi connectivity index (χ4v) is 1.76. The first-order valence-electron chi connectivity index (χ1n) is 7.70. The van der Waals surface area contributed by atoms with Crippen LogP contribution in [0.4, 0.5) is 18.0 Å². The summed E-state index contributed by atoms with van der Waals surface area (Å²) in [7, 11) is 0. The van der Waals surface area contributed by atoms with Gasteiger partial charge in [0.2, 0.25) is 0 Å². The monoisotopic (exact) mass is 382 g/mol. The van der Waals surface area contributed by atoms with Gasteiger partial charge in [0.15, 0.2) is 5.69 Å². The Bertz CT molecular complexity index is 625. The van der Waals surface area contributed by atoms with Gasteiger partial charge >= 0.3 is 18.4 Å². The summed E-state index contributed by atoms with van der Waals surface area (Å²) in [6.45, 7) is 5.32. The molecule has 0 saturated heterocycles. The van der Waals surface area contributed by atoms with E-state index in [2.05, 4.69) is 20.4 Å². The second-order valence-electron chi connectivity index (χ2n) is 5.98. The minimum absolute atomic E-state index is 0.0695. The van der Waals surface area contributed by atoms with Crippen LogP contribution in [-0.4, -0.2) is 52.2 Å². The lowest BCUT2D eigenvalue weighted by atomic mass is 10.2. The molecule has 12 heteroatoms. The summed E-state index contributed by atoms with van der Waals surface area (Å²) in [6.07, 6.45) is -5.56. The summed E-state index contributed by atoms with van der Waals surface area (Å²) in [5.41, 5.74) is -0.886. The number of carbonyl (C=O) groups is 2. The molecule has 1 aromatic rings. The summed E-state index contributed by atoms with van der Waals surface area (Å²) < 4.78 is 50.8. The van der Waals surface area contributed by atoms with Gasteiger partial charge < -0.3 is 14.8 Å². The molecule has 0 bridgehead atoms. The lowest BCUT2D eigenvalue weighted by Crippen LogP contribution is -2.33. The van der Waals surface area contributed by atoms with Crippen molar-refractivity contribution in [2.24, 2.45) is 0 Å². The van der Waals surface area contributed by atoms with Crippen LogP contribution in [0.3, 0.4) is 0 Å². The molecule has 1 rings (SSSR count). The van der Waals surface area contributed by atoms with Crippen LogP contribution < -0.4 is 5.32 Å². The Labute approximate surface area is 147 Å². The third kappa shape index (κ3) is 7.68. The molecule has 0 spiro atoms. The second-order valence-corrected chi connectivity index (χ2v) is 5.98. The van der Waals surface area contributed by atoms with E-state index in [1.165, 1.54) is 0 Å². The molecule has 0 aliphatic heterocycles. The molecular formula is C14H21F3N4O5. The molecule has 0 unspecified atom stereocenters. The van der Waals surface area contributed by atoms with E-state index in [0.29, 0.717) is 0 Å². The van der Waals surface area contributed by atoms with Gasteiger partial charge in [-0.2, -0.15) is 0 Å². The standard InChI is InChI=1S/C14H21F3N4O5/c1-5-24-11(22)10-9(8-18-12(23)26-13(2,3)4)21(20-19-10)6-7-25-14(15,16)17/h5-8H2,1-4H3,(H,18,23). The number of carbonyl (C=O) groups excluding carboxylic acids is 2. The number of aromatic nitrogens is 3. The number of nitrogens with zero attached hydrogens (tertiary/aromatic N) is 3. The molecule has 1 heterocycles. The van der Waals surface area contributed by atoms with E-state index in [1.54, 1.807) is 27.7 Å². The van der Waals surface area contributed by atoms with E-state index in [0.717, 1.165) is 4.68 Å². The average Bonchev–Trinajstić information content (AvgIpc) is 2.85. The Balaban J connectivity index is 2.87. The zero-order chi connectivity index (χ0) is 20.0. The molecule has 0 atom stereocenters. The maximum absolute atomic E-state index is 12.1. The minimum Gasteiger partial charge on any atom is -0.461 e. The number of nitrogens with one attached hydrogen (secondary N) is 1. The van der Waals surface area contributed by atoms with Crippen LogP contribution in [0.1, 0.15) is 43.9 Å². The number of hydrogen-bond donors (Lipinski definition) is 1. The third-order valence-corrected chi connectivity index (χ3v) is 2.67. The number of rotatable bonds is 7. The van der Waals surface area contributed by atoms with Crippen molar-refractivity contribution >= 4 is 12.1 Å². The van der Waals surface area contributed by atoms with Crippen LogP contribution in [0, 0.1) is 0 Å². The zero-order valence-electron chi connectivity index (χ0n) is 14.8. The predicted molar refractivity (Wildman–Crippen MR) is 81.1 cm³/mol. The third-order valence-electron chi connectivity index (χ3n) is 2.67.